The van der Waals surface area contributed by atoms with Gasteiger partial charge in [-0.2, -0.15) is 0 Å². The zero-order valence-corrected chi connectivity index (χ0v) is 18.7. The average Bonchev–Trinajstić information content (AvgIpc) is 3.08. The molecule has 140 valence electrons. The molecular weight excluding hydrogens is 460 g/mol. The van der Waals surface area contributed by atoms with Crippen LogP contribution in [0, 0.1) is 6.92 Å². The predicted octanol–water partition coefficient (Wildman–Crippen LogP) is 5.98. The summed E-state index contributed by atoms with van der Waals surface area (Å²) in [5.74, 6) is 0.699. The van der Waals surface area contributed by atoms with Crippen LogP contribution in [-0.2, 0) is 5.33 Å². The molecule has 26 heavy (non-hydrogen) atoms. The van der Waals surface area contributed by atoms with Crippen molar-refractivity contribution in [2.24, 2.45) is 10.7 Å². The quantitative estimate of drug-likeness (QED) is 0.418. The highest BCUT2D eigenvalue weighted by molar-refractivity contribution is 9.18. The van der Waals surface area contributed by atoms with Crippen molar-refractivity contribution in [2.75, 3.05) is 0 Å². The van der Waals surface area contributed by atoms with Crippen LogP contribution >= 0.6 is 31.9 Å². The van der Waals surface area contributed by atoms with Crippen molar-refractivity contribution >= 4 is 42.2 Å². The van der Waals surface area contributed by atoms with Crippen LogP contribution in [0.25, 0.3) is 17.2 Å². The minimum atomic E-state index is 0.266. The highest BCUT2D eigenvalue weighted by Crippen LogP contribution is 2.27. The standard InChI is InChI=1S/C16H16Br2N4O.C3H8/c1-4-13(18)20-14(10(3)19)16-22-21-15(23-16)12-6-5-11(8-17)7-9(12)2;1-3-2/h4-7H,1,8,19H2,2-3H3;3H2,1-2H3/b14-10+,20-13?;. The molecule has 0 saturated carbocycles. The minimum absolute atomic E-state index is 0.266. The van der Waals surface area contributed by atoms with Crippen LogP contribution in [0.3, 0.4) is 0 Å². The molecule has 2 rings (SSSR count). The molecule has 2 aromatic rings. The second-order valence-electron chi connectivity index (χ2n) is 5.57. The van der Waals surface area contributed by atoms with Gasteiger partial charge in [-0.05, 0) is 53.0 Å². The Morgan fingerprint density at radius 2 is 2.00 bits per heavy atom. The minimum Gasteiger partial charge on any atom is -0.415 e. The number of aliphatic imine (C=N–C) groups is 1. The molecule has 0 spiro atoms. The molecule has 0 radical (unpaired) electrons. The van der Waals surface area contributed by atoms with Gasteiger partial charge in [0, 0.05) is 16.6 Å². The fourth-order valence-electron chi connectivity index (χ4n) is 1.93. The maximum Gasteiger partial charge on any atom is 0.268 e. The summed E-state index contributed by atoms with van der Waals surface area (Å²) in [6.45, 7) is 11.6. The number of halogens is 2. The number of allylic oxidation sites excluding steroid dienone is 2. The van der Waals surface area contributed by atoms with Crippen LogP contribution in [0.5, 0.6) is 0 Å². The van der Waals surface area contributed by atoms with Crippen LogP contribution in [0.4, 0.5) is 0 Å². The molecule has 0 aliphatic carbocycles. The SMILES string of the molecule is C=CC(Br)=N/C(=C(\C)N)c1nnc(-c2ccc(CBr)cc2C)o1.CCC. The lowest BCUT2D eigenvalue weighted by molar-refractivity contribution is 0.551. The number of nitrogens with two attached hydrogens (primary N) is 1. The van der Waals surface area contributed by atoms with Crippen molar-refractivity contribution in [3.63, 3.8) is 0 Å². The smallest absolute Gasteiger partial charge is 0.268 e. The van der Waals surface area contributed by atoms with Crippen LogP contribution in [0.1, 0.15) is 44.2 Å². The Morgan fingerprint density at radius 1 is 1.35 bits per heavy atom. The number of alkyl halides is 1. The summed E-state index contributed by atoms with van der Waals surface area (Å²) in [6.07, 6.45) is 2.81. The predicted molar refractivity (Wildman–Crippen MR) is 116 cm³/mol. The summed E-state index contributed by atoms with van der Waals surface area (Å²) >= 11 is 6.71. The maximum atomic E-state index is 5.87. The van der Waals surface area contributed by atoms with E-state index in [1.807, 2.05) is 19.1 Å². The van der Waals surface area contributed by atoms with Crippen LogP contribution in [0.2, 0.25) is 0 Å². The average molecular weight is 484 g/mol. The normalized spacial score (nSPS) is 12.2. The van der Waals surface area contributed by atoms with Crippen molar-refractivity contribution < 1.29 is 4.42 Å². The highest BCUT2D eigenvalue weighted by Gasteiger charge is 2.16. The molecular formula is C19H24Br2N4O. The fraction of sp³-hybridized carbons (Fsp3) is 0.316. The Hall–Kier alpha value is -1.73. The Kier molecular flexibility index (Phi) is 9.51. The third-order valence-corrected chi connectivity index (χ3v) is 4.21. The van der Waals surface area contributed by atoms with Gasteiger partial charge in [0.05, 0.1) is 0 Å². The molecule has 0 bridgehead atoms. The van der Waals surface area contributed by atoms with Gasteiger partial charge in [-0.3, -0.25) is 0 Å². The molecule has 0 fully saturated rings. The van der Waals surface area contributed by atoms with Gasteiger partial charge in [-0.1, -0.05) is 54.9 Å². The molecule has 0 aliphatic heterocycles. The van der Waals surface area contributed by atoms with Crippen molar-refractivity contribution in [2.45, 2.75) is 39.4 Å². The number of hydrogen-bond acceptors (Lipinski definition) is 5. The first-order chi connectivity index (χ1) is 12.4. The van der Waals surface area contributed by atoms with E-state index in [4.69, 9.17) is 10.2 Å². The summed E-state index contributed by atoms with van der Waals surface area (Å²) in [7, 11) is 0. The van der Waals surface area contributed by atoms with Crippen molar-refractivity contribution in [3.05, 3.63) is 53.6 Å². The first-order valence-corrected chi connectivity index (χ1v) is 10.1. The number of rotatable bonds is 5. The number of benzene rings is 1. The Labute approximate surface area is 171 Å². The van der Waals surface area contributed by atoms with E-state index in [0.717, 1.165) is 16.5 Å². The fourth-order valence-corrected chi connectivity index (χ4v) is 2.46. The van der Waals surface area contributed by atoms with Gasteiger partial charge in [-0.15, -0.1) is 10.2 Å². The van der Waals surface area contributed by atoms with Gasteiger partial charge in [0.1, 0.15) is 10.3 Å². The topological polar surface area (TPSA) is 77.3 Å². The summed E-state index contributed by atoms with van der Waals surface area (Å²) in [6, 6.07) is 6.05. The highest BCUT2D eigenvalue weighted by atomic mass is 79.9. The summed E-state index contributed by atoms with van der Waals surface area (Å²) < 4.78 is 6.30. The molecule has 0 amide bonds. The van der Waals surface area contributed by atoms with Crippen molar-refractivity contribution in [3.8, 4) is 11.5 Å². The van der Waals surface area contributed by atoms with Crippen LogP contribution in [-0.4, -0.2) is 14.8 Å². The Bertz CT molecular complexity index is 806. The Morgan fingerprint density at radius 3 is 2.50 bits per heavy atom. The van der Waals surface area contributed by atoms with E-state index in [0.29, 0.717) is 21.9 Å². The molecule has 0 saturated heterocycles. The molecule has 1 heterocycles. The van der Waals surface area contributed by atoms with Gasteiger partial charge >= 0.3 is 0 Å². The van der Waals surface area contributed by atoms with Crippen molar-refractivity contribution in [1.82, 2.24) is 10.2 Å². The van der Waals surface area contributed by atoms with Gasteiger partial charge in [0.2, 0.25) is 5.89 Å². The van der Waals surface area contributed by atoms with E-state index in [1.54, 1.807) is 13.0 Å². The van der Waals surface area contributed by atoms with Crippen molar-refractivity contribution in [1.29, 1.82) is 0 Å². The zero-order valence-electron chi connectivity index (χ0n) is 15.5. The van der Waals surface area contributed by atoms with E-state index in [-0.39, 0.29) is 5.89 Å². The van der Waals surface area contributed by atoms with Crippen LogP contribution < -0.4 is 5.73 Å². The van der Waals surface area contributed by atoms with Gasteiger partial charge in [0.15, 0.2) is 0 Å². The lowest BCUT2D eigenvalue weighted by Gasteiger charge is -2.03. The van der Waals surface area contributed by atoms with E-state index in [2.05, 4.69) is 73.5 Å². The van der Waals surface area contributed by atoms with E-state index in [9.17, 15) is 0 Å². The number of aromatic nitrogens is 2. The Balaban J connectivity index is 0.00000105. The van der Waals surface area contributed by atoms with Gasteiger partial charge < -0.3 is 10.2 Å². The molecule has 0 aliphatic rings. The second kappa shape index (κ2) is 11.1. The largest absolute Gasteiger partial charge is 0.415 e. The third kappa shape index (κ3) is 6.21. The molecule has 0 atom stereocenters. The third-order valence-electron chi connectivity index (χ3n) is 3.06. The molecule has 0 unspecified atom stereocenters. The maximum absolute atomic E-state index is 5.87. The number of hydrogen-bond donors (Lipinski definition) is 1. The van der Waals surface area contributed by atoms with Gasteiger partial charge in [-0.25, -0.2) is 4.99 Å². The number of aryl methyl sites for hydroxylation is 1. The molecule has 2 N–H and O–H groups in total. The summed E-state index contributed by atoms with van der Waals surface area (Å²) in [5, 5.41) is 8.97. The number of nitrogens with zero attached hydrogens (tertiary/aromatic N) is 3. The first-order valence-electron chi connectivity index (χ1n) is 8.20. The zero-order chi connectivity index (χ0) is 19.7. The first kappa shape index (κ1) is 22.3. The molecule has 1 aromatic heterocycles. The van der Waals surface area contributed by atoms with E-state index < -0.39 is 0 Å². The monoisotopic (exact) mass is 482 g/mol. The summed E-state index contributed by atoms with van der Waals surface area (Å²) in [5.41, 5.74) is 9.90. The lowest BCUT2D eigenvalue weighted by Crippen LogP contribution is -1.98. The molecule has 7 heteroatoms. The van der Waals surface area contributed by atoms with Gasteiger partial charge in [0.25, 0.3) is 5.89 Å². The van der Waals surface area contributed by atoms with Crippen LogP contribution in [0.15, 0.2) is 46.0 Å². The molecule has 5 nitrogen and oxygen atoms in total. The van der Waals surface area contributed by atoms with E-state index in [1.165, 1.54) is 12.0 Å². The molecule has 1 aromatic carbocycles. The summed E-state index contributed by atoms with van der Waals surface area (Å²) in [4.78, 5) is 4.29. The second-order valence-corrected chi connectivity index (χ2v) is 6.95. The lowest BCUT2D eigenvalue weighted by atomic mass is 10.1. The van der Waals surface area contributed by atoms with E-state index >= 15 is 0 Å².